The number of hydrogen-bond acceptors (Lipinski definition) is 2. The summed E-state index contributed by atoms with van der Waals surface area (Å²) >= 11 is 0. The van der Waals surface area contributed by atoms with Crippen molar-refractivity contribution < 1.29 is 9.59 Å². The molecule has 0 bridgehead atoms. The predicted molar refractivity (Wildman–Crippen MR) is 47.2 cm³/mol. The standard InChI is InChI=1S/C8H11N3O2/c1-4-3-5(7(9)12)11(2)6(4)8(10)13/h3H,1-2H3,(H2,9,12)(H2,10,13). The van der Waals surface area contributed by atoms with Gasteiger partial charge in [-0.15, -0.1) is 0 Å². The number of carbonyl (C=O) groups is 2. The van der Waals surface area contributed by atoms with E-state index in [0.29, 0.717) is 11.3 Å². The summed E-state index contributed by atoms with van der Waals surface area (Å²) < 4.78 is 1.40. The maximum absolute atomic E-state index is 10.9. The summed E-state index contributed by atoms with van der Waals surface area (Å²) in [7, 11) is 1.58. The number of aryl methyl sites for hydroxylation is 1. The molecule has 0 atom stereocenters. The van der Waals surface area contributed by atoms with Gasteiger partial charge in [-0.1, -0.05) is 0 Å². The molecular formula is C8H11N3O2. The van der Waals surface area contributed by atoms with Gasteiger partial charge in [-0.05, 0) is 18.6 Å². The lowest BCUT2D eigenvalue weighted by Gasteiger charge is -2.01. The smallest absolute Gasteiger partial charge is 0.265 e. The van der Waals surface area contributed by atoms with Crippen molar-refractivity contribution in [3.05, 3.63) is 23.0 Å². The molecule has 1 aromatic heterocycles. The molecule has 5 heteroatoms. The fourth-order valence-electron chi connectivity index (χ4n) is 1.35. The Balaban J connectivity index is 3.39. The molecule has 1 heterocycles. The van der Waals surface area contributed by atoms with Crippen molar-refractivity contribution in [1.29, 1.82) is 0 Å². The van der Waals surface area contributed by atoms with E-state index in [-0.39, 0.29) is 5.69 Å². The summed E-state index contributed by atoms with van der Waals surface area (Å²) in [5.74, 6) is -1.13. The van der Waals surface area contributed by atoms with Crippen molar-refractivity contribution in [2.45, 2.75) is 6.92 Å². The number of carbonyl (C=O) groups excluding carboxylic acids is 2. The van der Waals surface area contributed by atoms with E-state index in [0.717, 1.165) is 0 Å². The summed E-state index contributed by atoms with van der Waals surface area (Å²) in [6.45, 7) is 1.70. The molecule has 0 fully saturated rings. The minimum Gasteiger partial charge on any atom is -0.364 e. The van der Waals surface area contributed by atoms with Crippen LogP contribution in [0.25, 0.3) is 0 Å². The van der Waals surface area contributed by atoms with Gasteiger partial charge in [-0.3, -0.25) is 9.59 Å². The fraction of sp³-hybridized carbons (Fsp3) is 0.250. The van der Waals surface area contributed by atoms with E-state index in [2.05, 4.69) is 0 Å². The van der Waals surface area contributed by atoms with E-state index < -0.39 is 11.8 Å². The van der Waals surface area contributed by atoms with Crippen LogP contribution in [-0.4, -0.2) is 16.4 Å². The van der Waals surface area contributed by atoms with Crippen LogP contribution in [0.2, 0.25) is 0 Å². The van der Waals surface area contributed by atoms with Gasteiger partial charge in [0.1, 0.15) is 11.4 Å². The van der Waals surface area contributed by atoms with Crippen LogP contribution in [0.5, 0.6) is 0 Å². The molecule has 0 aromatic carbocycles. The number of nitrogens with zero attached hydrogens (tertiary/aromatic N) is 1. The Morgan fingerprint density at radius 3 is 2.08 bits per heavy atom. The fourth-order valence-corrected chi connectivity index (χ4v) is 1.35. The Morgan fingerprint density at radius 2 is 1.85 bits per heavy atom. The second-order valence-electron chi connectivity index (χ2n) is 2.85. The minimum atomic E-state index is -0.571. The van der Waals surface area contributed by atoms with Crippen LogP contribution in [0.1, 0.15) is 26.5 Å². The molecule has 0 aliphatic rings. The Labute approximate surface area is 75.3 Å². The van der Waals surface area contributed by atoms with E-state index in [1.165, 1.54) is 4.57 Å². The van der Waals surface area contributed by atoms with Gasteiger partial charge < -0.3 is 16.0 Å². The van der Waals surface area contributed by atoms with Crippen LogP contribution in [0.4, 0.5) is 0 Å². The topological polar surface area (TPSA) is 91.1 Å². The Morgan fingerprint density at radius 1 is 1.31 bits per heavy atom. The second-order valence-corrected chi connectivity index (χ2v) is 2.85. The van der Waals surface area contributed by atoms with E-state index >= 15 is 0 Å². The Bertz CT molecular complexity index is 379. The van der Waals surface area contributed by atoms with Crippen LogP contribution in [0.15, 0.2) is 6.07 Å². The third kappa shape index (κ3) is 1.40. The molecule has 0 aliphatic heterocycles. The van der Waals surface area contributed by atoms with Gasteiger partial charge in [0, 0.05) is 7.05 Å². The van der Waals surface area contributed by atoms with Crippen LogP contribution in [0, 0.1) is 6.92 Å². The first kappa shape index (κ1) is 9.31. The highest BCUT2D eigenvalue weighted by molar-refractivity contribution is 5.97. The van der Waals surface area contributed by atoms with Crippen molar-refractivity contribution in [1.82, 2.24) is 4.57 Å². The molecule has 1 rings (SSSR count). The maximum atomic E-state index is 10.9. The van der Waals surface area contributed by atoms with Crippen LogP contribution >= 0.6 is 0 Å². The van der Waals surface area contributed by atoms with Crippen LogP contribution in [-0.2, 0) is 7.05 Å². The first-order valence-electron chi connectivity index (χ1n) is 3.71. The molecule has 0 saturated heterocycles. The number of nitrogens with two attached hydrogens (primary N) is 2. The van der Waals surface area contributed by atoms with Gasteiger partial charge in [0.25, 0.3) is 11.8 Å². The SMILES string of the molecule is Cc1cc(C(N)=O)n(C)c1C(N)=O. The van der Waals surface area contributed by atoms with Crippen LogP contribution < -0.4 is 11.5 Å². The number of rotatable bonds is 2. The zero-order valence-corrected chi connectivity index (χ0v) is 7.50. The molecule has 0 saturated carbocycles. The average molecular weight is 181 g/mol. The third-order valence-corrected chi connectivity index (χ3v) is 1.91. The molecular weight excluding hydrogens is 170 g/mol. The third-order valence-electron chi connectivity index (χ3n) is 1.91. The van der Waals surface area contributed by atoms with Crippen molar-refractivity contribution >= 4 is 11.8 Å². The van der Waals surface area contributed by atoms with E-state index in [9.17, 15) is 9.59 Å². The molecule has 4 N–H and O–H groups in total. The maximum Gasteiger partial charge on any atom is 0.265 e. The molecule has 0 aliphatic carbocycles. The highest BCUT2D eigenvalue weighted by Gasteiger charge is 2.16. The minimum absolute atomic E-state index is 0.284. The Hall–Kier alpha value is -1.78. The van der Waals surface area contributed by atoms with E-state index in [4.69, 9.17) is 11.5 Å². The zero-order chi connectivity index (χ0) is 10.2. The molecule has 13 heavy (non-hydrogen) atoms. The molecule has 0 unspecified atom stereocenters. The van der Waals surface area contributed by atoms with Gasteiger partial charge in [0.15, 0.2) is 0 Å². The average Bonchev–Trinajstić information content (AvgIpc) is 2.26. The van der Waals surface area contributed by atoms with Crippen LogP contribution in [0.3, 0.4) is 0 Å². The molecule has 1 aromatic rings. The van der Waals surface area contributed by atoms with Crippen molar-refractivity contribution in [3.63, 3.8) is 0 Å². The lowest BCUT2D eigenvalue weighted by Crippen LogP contribution is -2.20. The summed E-state index contributed by atoms with van der Waals surface area (Å²) in [5, 5.41) is 0. The van der Waals surface area contributed by atoms with E-state index in [1.54, 1.807) is 20.0 Å². The summed E-state index contributed by atoms with van der Waals surface area (Å²) in [6.07, 6.45) is 0. The molecule has 70 valence electrons. The quantitative estimate of drug-likeness (QED) is 0.645. The number of amides is 2. The normalized spacial score (nSPS) is 10.0. The Kier molecular flexibility index (Phi) is 2.10. The summed E-state index contributed by atoms with van der Waals surface area (Å²) in [6, 6.07) is 1.54. The zero-order valence-electron chi connectivity index (χ0n) is 7.50. The highest BCUT2D eigenvalue weighted by atomic mass is 16.2. The van der Waals surface area contributed by atoms with Gasteiger partial charge in [-0.25, -0.2) is 0 Å². The number of primary amides is 2. The predicted octanol–water partition coefficient (Wildman–Crippen LogP) is -0.469. The molecule has 0 radical (unpaired) electrons. The van der Waals surface area contributed by atoms with Gasteiger partial charge in [-0.2, -0.15) is 0 Å². The summed E-state index contributed by atoms with van der Waals surface area (Å²) in [5.41, 5.74) is 11.5. The van der Waals surface area contributed by atoms with Crippen molar-refractivity contribution in [2.24, 2.45) is 18.5 Å². The number of aromatic nitrogens is 1. The van der Waals surface area contributed by atoms with E-state index in [1.807, 2.05) is 0 Å². The first-order valence-corrected chi connectivity index (χ1v) is 3.71. The second kappa shape index (κ2) is 2.93. The number of hydrogen-bond donors (Lipinski definition) is 2. The summed E-state index contributed by atoms with van der Waals surface area (Å²) in [4.78, 5) is 21.8. The lowest BCUT2D eigenvalue weighted by molar-refractivity contribution is 0.0988. The van der Waals surface area contributed by atoms with Gasteiger partial charge in [0.2, 0.25) is 0 Å². The highest BCUT2D eigenvalue weighted by Crippen LogP contribution is 2.12. The molecule has 5 nitrogen and oxygen atoms in total. The first-order chi connectivity index (χ1) is 5.95. The lowest BCUT2D eigenvalue weighted by atomic mass is 10.2. The van der Waals surface area contributed by atoms with Gasteiger partial charge >= 0.3 is 0 Å². The van der Waals surface area contributed by atoms with Gasteiger partial charge in [0.05, 0.1) is 0 Å². The van der Waals surface area contributed by atoms with Crippen molar-refractivity contribution in [2.75, 3.05) is 0 Å². The van der Waals surface area contributed by atoms with Crippen molar-refractivity contribution in [3.8, 4) is 0 Å². The monoisotopic (exact) mass is 181 g/mol. The molecule has 0 spiro atoms. The molecule has 2 amide bonds. The largest absolute Gasteiger partial charge is 0.364 e.